The number of anilines is 2. The number of nitrogen functional groups attached to an aromatic ring is 1. The van der Waals surface area contributed by atoms with Gasteiger partial charge in [-0.3, -0.25) is 14.9 Å². The lowest BCUT2D eigenvalue weighted by molar-refractivity contribution is -0.124. The number of amides is 2. The zero-order chi connectivity index (χ0) is 23.5. The van der Waals surface area contributed by atoms with Crippen LogP contribution in [0.5, 0.6) is 0 Å². The molecular weight excluding hydrogens is 416 g/mol. The molecule has 0 aromatic heterocycles. The number of carbonyl (C=O) groups excluding carboxylic acids is 2. The summed E-state index contributed by atoms with van der Waals surface area (Å²) in [6.07, 6.45) is 8.84. The Morgan fingerprint density at radius 3 is 2.52 bits per heavy atom. The molecule has 0 heterocycles. The molecule has 3 rings (SSSR count). The topological polar surface area (TPSA) is 105 Å². The van der Waals surface area contributed by atoms with Crippen LogP contribution >= 0.6 is 0 Å². The molecule has 0 aliphatic heterocycles. The van der Waals surface area contributed by atoms with E-state index in [9.17, 15) is 9.59 Å². The number of nitrogens with one attached hydrogen (secondary N) is 3. The van der Waals surface area contributed by atoms with Crippen molar-refractivity contribution in [2.24, 2.45) is 0 Å². The van der Waals surface area contributed by atoms with Gasteiger partial charge in [0.1, 0.15) is 6.04 Å². The summed E-state index contributed by atoms with van der Waals surface area (Å²) in [6.45, 7) is 1.10. The van der Waals surface area contributed by atoms with Crippen LogP contribution in [-0.4, -0.2) is 38.1 Å². The highest BCUT2D eigenvalue weighted by molar-refractivity contribution is 6.03. The smallest absolute Gasteiger partial charge is 0.248 e. The highest BCUT2D eigenvalue weighted by Gasteiger charge is 2.23. The molecule has 2 aromatic carbocycles. The van der Waals surface area contributed by atoms with Gasteiger partial charge in [-0.1, -0.05) is 55.7 Å². The van der Waals surface area contributed by atoms with E-state index in [1.807, 2.05) is 36.4 Å². The van der Waals surface area contributed by atoms with Crippen LogP contribution < -0.4 is 21.7 Å². The van der Waals surface area contributed by atoms with Crippen molar-refractivity contribution < 1.29 is 14.3 Å². The first-order valence-corrected chi connectivity index (χ1v) is 11.5. The maximum atomic E-state index is 13.0. The number of nitrogens with two attached hydrogens (primary N) is 1. The Kier molecular flexibility index (Phi) is 9.47. The van der Waals surface area contributed by atoms with E-state index >= 15 is 0 Å². The lowest BCUT2D eigenvalue weighted by atomic mass is 9.95. The van der Waals surface area contributed by atoms with E-state index < -0.39 is 6.04 Å². The van der Waals surface area contributed by atoms with Crippen molar-refractivity contribution in [1.82, 2.24) is 10.6 Å². The Hall–Kier alpha value is -3.16. The Balaban J connectivity index is 1.63. The molecule has 1 aliphatic rings. The normalized spacial score (nSPS) is 15.3. The van der Waals surface area contributed by atoms with Crippen molar-refractivity contribution in [2.75, 3.05) is 31.3 Å². The molecule has 1 fully saturated rings. The largest absolute Gasteiger partial charge is 0.397 e. The molecule has 1 atom stereocenters. The number of methoxy groups -OCH3 is 1. The van der Waals surface area contributed by atoms with Gasteiger partial charge >= 0.3 is 0 Å². The van der Waals surface area contributed by atoms with Crippen LogP contribution in [-0.2, 0) is 14.3 Å². The molecule has 1 saturated carbocycles. The Morgan fingerprint density at radius 1 is 1.09 bits per heavy atom. The van der Waals surface area contributed by atoms with Gasteiger partial charge in [-0.05, 0) is 42.2 Å². The van der Waals surface area contributed by atoms with E-state index in [4.69, 9.17) is 10.5 Å². The van der Waals surface area contributed by atoms with Gasteiger partial charge in [-0.15, -0.1) is 0 Å². The Bertz CT molecular complexity index is 937. The molecule has 176 valence electrons. The van der Waals surface area contributed by atoms with E-state index in [-0.39, 0.29) is 17.9 Å². The molecule has 0 saturated heterocycles. The molecule has 5 N–H and O–H groups in total. The Morgan fingerprint density at radius 2 is 1.82 bits per heavy atom. The van der Waals surface area contributed by atoms with Gasteiger partial charge < -0.3 is 21.1 Å². The molecule has 1 aliphatic carbocycles. The molecule has 2 aromatic rings. The van der Waals surface area contributed by atoms with E-state index in [1.165, 1.54) is 12.5 Å². The fourth-order valence-corrected chi connectivity index (χ4v) is 3.96. The van der Waals surface area contributed by atoms with Gasteiger partial charge in [-0.2, -0.15) is 0 Å². The zero-order valence-corrected chi connectivity index (χ0v) is 19.2. The van der Waals surface area contributed by atoms with E-state index in [0.29, 0.717) is 24.5 Å². The highest BCUT2D eigenvalue weighted by atomic mass is 16.5. The van der Waals surface area contributed by atoms with Crippen LogP contribution in [0.15, 0.2) is 54.6 Å². The number of rotatable bonds is 10. The minimum atomic E-state index is -0.454. The minimum Gasteiger partial charge on any atom is -0.397 e. The van der Waals surface area contributed by atoms with Crippen LogP contribution in [0.25, 0.3) is 6.08 Å². The maximum Gasteiger partial charge on any atom is 0.248 e. The summed E-state index contributed by atoms with van der Waals surface area (Å²) in [6, 6.07) is 14.5. The molecular formula is C26H34N4O3. The van der Waals surface area contributed by atoms with E-state index in [1.54, 1.807) is 25.3 Å². The van der Waals surface area contributed by atoms with Crippen LogP contribution in [0.2, 0.25) is 0 Å². The van der Waals surface area contributed by atoms with Crippen molar-refractivity contribution in [3.63, 3.8) is 0 Å². The molecule has 7 heteroatoms. The molecule has 0 spiro atoms. The fourth-order valence-electron chi connectivity index (χ4n) is 3.96. The van der Waals surface area contributed by atoms with Gasteiger partial charge in [0.15, 0.2) is 0 Å². The third kappa shape index (κ3) is 7.73. The monoisotopic (exact) mass is 450 g/mol. The number of benzene rings is 2. The summed E-state index contributed by atoms with van der Waals surface area (Å²) >= 11 is 0. The van der Waals surface area contributed by atoms with Crippen molar-refractivity contribution in [1.29, 1.82) is 0 Å². The fraction of sp³-hybridized carbons (Fsp3) is 0.385. The second kappa shape index (κ2) is 12.8. The van der Waals surface area contributed by atoms with Crippen LogP contribution in [0.3, 0.4) is 0 Å². The summed E-state index contributed by atoms with van der Waals surface area (Å²) in [4.78, 5) is 25.2. The van der Waals surface area contributed by atoms with Gasteiger partial charge in [0.25, 0.3) is 0 Å². The molecule has 0 bridgehead atoms. The van der Waals surface area contributed by atoms with E-state index in [2.05, 4.69) is 16.0 Å². The number of carbonyl (C=O) groups is 2. The molecule has 1 unspecified atom stereocenters. The molecule has 2 amide bonds. The standard InChI is InChI=1S/C26H34N4O3/c1-33-18-17-28-25(26(32)29-21-7-3-2-4-8-21)20-14-11-19(12-15-20)13-16-24(31)30-23-10-6-5-9-22(23)27/h5-6,9-16,21,25,28H,2-4,7-8,17-18,27H2,1H3,(H,29,32)(H,30,31). The van der Waals surface area contributed by atoms with E-state index in [0.717, 1.165) is 36.8 Å². The van der Waals surface area contributed by atoms with Crippen LogP contribution in [0.4, 0.5) is 11.4 Å². The summed E-state index contributed by atoms with van der Waals surface area (Å²) in [5, 5.41) is 9.27. The Labute approximate surface area is 195 Å². The minimum absolute atomic E-state index is 0.0128. The summed E-state index contributed by atoms with van der Waals surface area (Å²) < 4.78 is 5.13. The average molecular weight is 451 g/mol. The predicted molar refractivity (Wildman–Crippen MR) is 133 cm³/mol. The maximum absolute atomic E-state index is 13.0. The van der Waals surface area contributed by atoms with Crippen molar-refractivity contribution in [3.05, 3.63) is 65.7 Å². The third-order valence-electron chi connectivity index (χ3n) is 5.78. The van der Waals surface area contributed by atoms with Crippen LogP contribution in [0, 0.1) is 0 Å². The predicted octanol–water partition coefficient (Wildman–Crippen LogP) is 3.65. The number of hydrogen-bond donors (Lipinski definition) is 4. The SMILES string of the molecule is COCCNC(C(=O)NC1CCCCC1)c1ccc(C=CC(=O)Nc2ccccc2N)cc1. The third-order valence-corrected chi connectivity index (χ3v) is 5.78. The quantitative estimate of drug-likeness (QED) is 0.251. The molecule has 7 nitrogen and oxygen atoms in total. The molecule has 33 heavy (non-hydrogen) atoms. The van der Waals surface area contributed by atoms with Gasteiger partial charge in [0, 0.05) is 25.8 Å². The first-order valence-electron chi connectivity index (χ1n) is 11.5. The number of hydrogen-bond acceptors (Lipinski definition) is 5. The summed E-state index contributed by atoms with van der Waals surface area (Å²) in [7, 11) is 1.64. The average Bonchev–Trinajstić information content (AvgIpc) is 2.83. The van der Waals surface area contributed by atoms with Crippen molar-refractivity contribution in [2.45, 2.75) is 44.2 Å². The van der Waals surface area contributed by atoms with Crippen molar-refractivity contribution in [3.8, 4) is 0 Å². The lowest BCUT2D eigenvalue weighted by Crippen LogP contribution is -2.44. The van der Waals surface area contributed by atoms with Crippen molar-refractivity contribution >= 4 is 29.3 Å². The summed E-state index contributed by atoms with van der Waals surface area (Å²) in [5.74, 6) is -0.274. The lowest BCUT2D eigenvalue weighted by Gasteiger charge is -2.26. The number of para-hydroxylation sites is 2. The highest BCUT2D eigenvalue weighted by Crippen LogP contribution is 2.20. The second-order valence-electron chi connectivity index (χ2n) is 8.30. The molecule has 0 radical (unpaired) electrons. The van der Waals surface area contributed by atoms with Gasteiger partial charge in [0.05, 0.1) is 18.0 Å². The summed E-state index contributed by atoms with van der Waals surface area (Å²) in [5.41, 5.74) is 8.69. The van der Waals surface area contributed by atoms with Gasteiger partial charge in [-0.25, -0.2) is 0 Å². The zero-order valence-electron chi connectivity index (χ0n) is 19.2. The van der Waals surface area contributed by atoms with Crippen LogP contribution in [0.1, 0.15) is 49.3 Å². The first kappa shape index (κ1) is 24.5. The second-order valence-corrected chi connectivity index (χ2v) is 8.30. The number of ether oxygens (including phenoxy) is 1. The van der Waals surface area contributed by atoms with Gasteiger partial charge in [0.2, 0.25) is 11.8 Å². The first-order chi connectivity index (χ1) is 16.1.